The van der Waals surface area contributed by atoms with E-state index in [0.29, 0.717) is 12.2 Å². The molecule has 140 valence electrons. The number of nitrogens with one attached hydrogen (secondary N) is 1. The van der Waals surface area contributed by atoms with Crippen LogP contribution in [0.5, 0.6) is 0 Å². The lowest BCUT2D eigenvalue weighted by Gasteiger charge is -2.11. The Balaban J connectivity index is 1.47. The van der Waals surface area contributed by atoms with E-state index in [9.17, 15) is 9.59 Å². The Morgan fingerprint density at radius 1 is 1.15 bits per heavy atom. The Labute approximate surface area is 163 Å². The number of carbonyl (C=O) groups is 2. The van der Waals surface area contributed by atoms with Crippen LogP contribution in [0.25, 0.3) is 0 Å². The molecule has 1 aliphatic rings. The first-order valence-corrected chi connectivity index (χ1v) is 9.96. The second-order valence-corrected chi connectivity index (χ2v) is 7.33. The number of carbonyl (C=O) groups excluding carboxylic acids is 2. The van der Waals surface area contributed by atoms with Crippen molar-refractivity contribution >= 4 is 35.0 Å². The molecule has 0 unspecified atom stereocenters. The lowest BCUT2D eigenvalue weighted by Crippen LogP contribution is -2.25. The van der Waals surface area contributed by atoms with E-state index in [-0.39, 0.29) is 24.7 Å². The monoisotopic (exact) mass is 382 g/mol. The smallest absolute Gasteiger partial charge is 0.243 e. The van der Waals surface area contributed by atoms with Gasteiger partial charge in [-0.2, -0.15) is 5.10 Å². The SMILES string of the molecule is CCSc1ccc(NC(=O)CCC(=O)N2CCC(c3ccccc3)=N2)cn1. The van der Waals surface area contributed by atoms with Crippen molar-refractivity contribution in [2.75, 3.05) is 17.6 Å². The van der Waals surface area contributed by atoms with Gasteiger partial charge in [0.1, 0.15) is 0 Å². The van der Waals surface area contributed by atoms with Crippen LogP contribution in [0.1, 0.15) is 31.7 Å². The summed E-state index contributed by atoms with van der Waals surface area (Å²) in [5.41, 5.74) is 2.57. The number of benzene rings is 1. The molecule has 1 aromatic carbocycles. The predicted molar refractivity (Wildman–Crippen MR) is 108 cm³/mol. The van der Waals surface area contributed by atoms with Crippen LogP contribution in [-0.2, 0) is 9.59 Å². The van der Waals surface area contributed by atoms with Gasteiger partial charge < -0.3 is 5.32 Å². The van der Waals surface area contributed by atoms with Gasteiger partial charge in [-0.1, -0.05) is 37.3 Å². The van der Waals surface area contributed by atoms with Gasteiger partial charge >= 0.3 is 0 Å². The molecular weight excluding hydrogens is 360 g/mol. The molecule has 1 aliphatic heterocycles. The van der Waals surface area contributed by atoms with Crippen molar-refractivity contribution in [2.24, 2.45) is 5.10 Å². The van der Waals surface area contributed by atoms with Gasteiger partial charge in [0.05, 0.1) is 29.2 Å². The van der Waals surface area contributed by atoms with E-state index in [0.717, 1.165) is 28.5 Å². The number of hydrazone groups is 1. The van der Waals surface area contributed by atoms with E-state index in [1.54, 1.807) is 18.0 Å². The summed E-state index contributed by atoms with van der Waals surface area (Å²) in [6, 6.07) is 13.5. The number of aromatic nitrogens is 1. The zero-order valence-corrected chi connectivity index (χ0v) is 16.0. The highest BCUT2D eigenvalue weighted by atomic mass is 32.2. The molecule has 7 heteroatoms. The molecule has 0 spiro atoms. The van der Waals surface area contributed by atoms with Gasteiger partial charge in [-0.15, -0.1) is 11.8 Å². The van der Waals surface area contributed by atoms with Gasteiger partial charge in [0.25, 0.3) is 0 Å². The first-order chi connectivity index (χ1) is 13.2. The number of hydrogen-bond acceptors (Lipinski definition) is 5. The molecule has 0 saturated carbocycles. The number of amides is 2. The van der Waals surface area contributed by atoms with E-state index in [1.807, 2.05) is 42.5 Å². The van der Waals surface area contributed by atoms with E-state index >= 15 is 0 Å². The summed E-state index contributed by atoms with van der Waals surface area (Å²) >= 11 is 1.64. The summed E-state index contributed by atoms with van der Waals surface area (Å²) < 4.78 is 0. The topological polar surface area (TPSA) is 74.7 Å². The quantitative estimate of drug-likeness (QED) is 0.743. The Morgan fingerprint density at radius 2 is 1.96 bits per heavy atom. The van der Waals surface area contributed by atoms with E-state index in [1.165, 1.54) is 5.01 Å². The van der Waals surface area contributed by atoms with E-state index in [2.05, 4.69) is 22.3 Å². The van der Waals surface area contributed by atoms with Crippen LogP contribution < -0.4 is 5.32 Å². The van der Waals surface area contributed by atoms with Crippen LogP contribution >= 0.6 is 11.8 Å². The second kappa shape index (κ2) is 9.32. The molecular formula is C20H22N4O2S. The van der Waals surface area contributed by atoms with Gasteiger partial charge in [0.15, 0.2) is 0 Å². The van der Waals surface area contributed by atoms with Crippen molar-refractivity contribution < 1.29 is 9.59 Å². The van der Waals surface area contributed by atoms with Crippen LogP contribution in [-0.4, -0.2) is 39.8 Å². The van der Waals surface area contributed by atoms with Crippen molar-refractivity contribution in [1.82, 2.24) is 9.99 Å². The Morgan fingerprint density at radius 3 is 2.67 bits per heavy atom. The standard InChI is InChI=1S/C20H22N4O2S/c1-2-27-19-10-8-16(14-21-19)22-18(25)9-11-20(26)24-13-12-17(23-24)15-6-4-3-5-7-15/h3-8,10,14H,2,9,11-13H2,1H3,(H,22,25). The van der Waals surface area contributed by atoms with Crippen LogP contribution in [0.4, 0.5) is 5.69 Å². The minimum atomic E-state index is -0.201. The van der Waals surface area contributed by atoms with E-state index in [4.69, 9.17) is 0 Å². The minimum Gasteiger partial charge on any atom is -0.325 e. The summed E-state index contributed by atoms with van der Waals surface area (Å²) in [6.07, 6.45) is 2.62. The molecule has 6 nitrogen and oxygen atoms in total. The molecule has 0 aliphatic carbocycles. The van der Waals surface area contributed by atoms with Crippen LogP contribution in [0.2, 0.25) is 0 Å². The third kappa shape index (κ3) is 5.40. The fraction of sp³-hybridized carbons (Fsp3) is 0.300. The van der Waals surface area contributed by atoms with Crippen molar-refractivity contribution in [1.29, 1.82) is 0 Å². The minimum absolute atomic E-state index is 0.122. The van der Waals surface area contributed by atoms with Gasteiger partial charge in [-0.25, -0.2) is 9.99 Å². The number of pyridine rings is 1. The highest BCUT2D eigenvalue weighted by molar-refractivity contribution is 7.99. The Kier molecular flexibility index (Phi) is 6.59. The first-order valence-electron chi connectivity index (χ1n) is 8.97. The number of thioether (sulfide) groups is 1. The number of nitrogens with zero attached hydrogens (tertiary/aromatic N) is 3. The number of hydrogen-bond donors (Lipinski definition) is 1. The zero-order valence-electron chi connectivity index (χ0n) is 15.2. The van der Waals surface area contributed by atoms with Crippen molar-refractivity contribution in [2.45, 2.75) is 31.2 Å². The molecule has 3 rings (SSSR count). The largest absolute Gasteiger partial charge is 0.325 e. The van der Waals surface area contributed by atoms with Crippen molar-refractivity contribution in [3.63, 3.8) is 0 Å². The van der Waals surface area contributed by atoms with Gasteiger partial charge in [0.2, 0.25) is 11.8 Å². The first kappa shape index (κ1) is 19.1. The molecule has 0 radical (unpaired) electrons. The lowest BCUT2D eigenvalue weighted by molar-refractivity contribution is -0.132. The maximum atomic E-state index is 12.3. The third-order valence-corrected chi connectivity index (χ3v) is 4.90. The molecule has 27 heavy (non-hydrogen) atoms. The normalized spacial score (nSPS) is 13.4. The zero-order chi connectivity index (χ0) is 19.1. The maximum Gasteiger partial charge on any atom is 0.243 e. The predicted octanol–water partition coefficient (Wildman–Crippen LogP) is 3.55. The van der Waals surface area contributed by atoms with Gasteiger partial charge in [-0.05, 0) is 23.4 Å². The number of anilines is 1. The van der Waals surface area contributed by atoms with Crippen LogP contribution in [0.15, 0.2) is 58.8 Å². The third-order valence-electron chi connectivity index (χ3n) is 4.07. The molecule has 2 aromatic rings. The van der Waals surface area contributed by atoms with Gasteiger partial charge in [-0.3, -0.25) is 9.59 Å². The summed E-state index contributed by atoms with van der Waals surface area (Å²) in [6.45, 7) is 2.62. The summed E-state index contributed by atoms with van der Waals surface area (Å²) in [7, 11) is 0. The van der Waals surface area contributed by atoms with Gasteiger partial charge in [0, 0.05) is 19.3 Å². The average Bonchev–Trinajstić information content (AvgIpc) is 3.19. The average molecular weight is 382 g/mol. The second-order valence-electron chi connectivity index (χ2n) is 6.05. The maximum absolute atomic E-state index is 12.3. The Hall–Kier alpha value is -2.67. The molecule has 0 saturated heterocycles. The van der Waals surface area contributed by atoms with E-state index < -0.39 is 0 Å². The molecule has 1 aromatic heterocycles. The highest BCUT2D eigenvalue weighted by Gasteiger charge is 2.21. The molecule has 0 atom stereocenters. The Bertz CT molecular complexity index is 822. The summed E-state index contributed by atoms with van der Waals surface area (Å²) in [5, 5.41) is 9.57. The molecule has 0 bridgehead atoms. The van der Waals surface area contributed by atoms with Crippen LogP contribution in [0, 0.1) is 0 Å². The molecule has 0 fully saturated rings. The molecule has 2 heterocycles. The summed E-state index contributed by atoms with van der Waals surface area (Å²) in [5.74, 6) is 0.614. The summed E-state index contributed by atoms with van der Waals surface area (Å²) in [4.78, 5) is 28.7. The van der Waals surface area contributed by atoms with Crippen molar-refractivity contribution in [3.05, 3.63) is 54.2 Å². The number of rotatable bonds is 7. The van der Waals surface area contributed by atoms with Crippen molar-refractivity contribution in [3.8, 4) is 0 Å². The lowest BCUT2D eigenvalue weighted by atomic mass is 10.1. The van der Waals surface area contributed by atoms with Crippen LogP contribution in [0.3, 0.4) is 0 Å². The highest BCUT2D eigenvalue weighted by Crippen LogP contribution is 2.17. The fourth-order valence-electron chi connectivity index (χ4n) is 2.73. The molecule has 2 amide bonds. The fourth-order valence-corrected chi connectivity index (χ4v) is 3.32. The molecule has 1 N–H and O–H groups in total.